The third-order valence-electron chi connectivity index (χ3n) is 4.22. The van der Waals surface area contributed by atoms with Crippen LogP contribution < -0.4 is 0 Å². The highest BCUT2D eigenvalue weighted by Crippen LogP contribution is 2.40. The maximum absolute atomic E-state index is 11.8. The van der Waals surface area contributed by atoms with Crippen molar-refractivity contribution in [3.05, 3.63) is 23.3 Å². The first-order valence-corrected chi connectivity index (χ1v) is 7.29. The van der Waals surface area contributed by atoms with E-state index in [9.17, 15) is 4.79 Å². The van der Waals surface area contributed by atoms with Gasteiger partial charge in [-0.2, -0.15) is 0 Å². The van der Waals surface area contributed by atoms with Gasteiger partial charge in [0.15, 0.2) is 11.6 Å². The van der Waals surface area contributed by atoms with Crippen LogP contribution in [-0.2, 0) is 16.8 Å². The Morgan fingerprint density at radius 3 is 2.79 bits per heavy atom. The predicted octanol–water partition coefficient (Wildman–Crippen LogP) is 2.80. The van der Waals surface area contributed by atoms with Gasteiger partial charge in [0.1, 0.15) is 5.60 Å². The van der Waals surface area contributed by atoms with Crippen molar-refractivity contribution in [2.24, 2.45) is 0 Å². The molecule has 102 valence electrons. The van der Waals surface area contributed by atoms with E-state index >= 15 is 0 Å². The van der Waals surface area contributed by atoms with Crippen molar-refractivity contribution in [3.63, 3.8) is 0 Å². The molecule has 1 saturated carbocycles. The maximum atomic E-state index is 11.8. The molecule has 1 aromatic rings. The number of carbonyl (C=O) groups is 1. The number of rotatable bonds is 3. The van der Waals surface area contributed by atoms with Crippen molar-refractivity contribution >= 4 is 5.78 Å². The summed E-state index contributed by atoms with van der Waals surface area (Å²) >= 11 is 0. The molecule has 0 radical (unpaired) electrons. The molecule has 4 heteroatoms. The number of hydrogen-bond acceptors (Lipinski definition) is 4. The number of nitrogens with zero attached hydrogens (tertiary/aromatic N) is 2. The average molecular weight is 260 g/mol. The molecule has 0 saturated heterocycles. The summed E-state index contributed by atoms with van der Waals surface area (Å²) in [7, 11) is 0. The molecule has 1 fully saturated rings. The van der Waals surface area contributed by atoms with E-state index in [-0.39, 0.29) is 11.4 Å². The van der Waals surface area contributed by atoms with Crippen LogP contribution in [0.4, 0.5) is 0 Å². The highest BCUT2D eigenvalue weighted by molar-refractivity contribution is 5.97. The van der Waals surface area contributed by atoms with Gasteiger partial charge in [-0.25, -0.2) is 9.97 Å². The summed E-state index contributed by atoms with van der Waals surface area (Å²) in [4.78, 5) is 21.0. The van der Waals surface area contributed by atoms with E-state index in [1.807, 2.05) is 6.92 Å². The number of Topliss-reactive ketones (excluding diaryl/α,β-unsaturated/α-hetero) is 1. The van der Waals surface area contributed by atoms with Crippen molar-refractivity contribution in [1.29, 1.82) is 0 Å². The zero-order valence-electron chi connectivity index (χ0n) is 11.4. The molecule has 3 rings (SSSR count). The van der Waals surface area contributed by atoms with Crippen LogP contribution in [-0.4, -0.2) is 22.4 Å². The van der Waals surface area contributed by atoms with Crippen LogP contribution >= 0.6 is 0 Å². The fourth-order valence-corrected chi connectivity index (χ4v) is 3.27. The molecule has 2 aliphatic carbocycles. The Hall–Kier alpha value is -1.29. The molecule has 0 bridgehead atoms. The minimum Gasteiger partial charge on any atom is -0.367 e. The summed E-state index contributed by atoms with van der Waals surface area (Å²) in [6.07, 6.45) is 8.47. The van der Waals surface area contributed by atoms with Gasteiger partial charge in [0.25, 0.3) is 0 Å². The number of carbonyl (C=O) groups excluding carboxylic acids is 1. The molecule has 0 aliphatic heterocycles. The van der Waals surface area contributed by atoms with Crippen LogP contribution in [0.2, 0.25) is 0 Å². The standard InChI is InChI=1S/C15H20N2O2/c1-2-19-15(8-3-4-9-15)14-16-10-11-12(17-14)6-5-7-13(11)18/h10H,2-9H2,1H3. The quantitative estimate of drug-likeness (QED) is 0.838. The summed E-state index contributed by atoms with van der Waals surface area (Å²) in [5.41, 5.74) is 1.34. The summed E-state index contributed by atoms with van der Waals surface area (Å²) in [5.74, 6) is 0.977. The minimum absolute atomic E-state index is 0.185. The highest BCUT2D eigenvalue weighted by atomic mass is 16.5. The molecule has 2 aliphatic rings. The van der Waals surface area contributed by atoms with Crippen molar-refractivity contribution in [3.8, 4) is 0 Å². The Morgan fingerprint density at radius 1 is 1.26 bits per heavy atom. The molecule has 0 aromatic carbocycles. The van der Waals surface area contributed by atoms with E-state index in [0.29, 0.717) is 13.0 Å². The molecule has 19 heavy (non-hydrogen) atoms. The van der Waals surface area contributed by atoms with Gasteiger partial charge in [-0.1, -0.05) is 0 Å². The van der Waals surface area contributed by atoms with Gasteiger partial charge in [-0.3, -0.25) is 4.79 Å². The van der Waals surface area contributed by atoms with E-state index in [4.69, 9.17) is 4.74 Å². The topological polar surface area (TPSA) is 52.1 Å². The SMILES string of the molecule is CCOC1(c2ncc3c(n2)CCCC3=O)CCCC1. The lowest BCUT2D eigenvalue weighted by Crippen LogP contribution is -2.30. The Bertz CT molecular complexity index is 493. The molecular weight excluding hydrogens is 240 g/mol. The summed E-state index contributed by atoms with van der Waals surface area (Å²) in [6, 6.07) is 0. The number of aryl methyl sites for hydroxylation is 1. The summed E-state index contributed by atoms with van der Waals surface area (Å²) in [5, 5.41) is 0. The van der Waals surface area contributed by atoms with Gasteiger partial charge in [-0.15, -0.1) is 0 Å². The molecule has 4 nitrogen and oxygen atoms in total. The molecular formula is C15H20N2O2. The van der Waals surface area contributed by atoms with Gasteiger partial charge in [-0.05, 0) is 45.4 Å². The van der Waals surface area contributed by atoms with Crippen LogP contribution in [0.1, 0.15) is 67.3 Å². The lowest BCUT2D eigenvalue weighted by molar-refractivity contribution is -0.0459. The molecule has 0 amide bonds. The Kier molecular flexibility index (Phi) is 3.35. The van der Waals surface area contributed by atoms with Crippen molar-refractivity contribution in [2.75, 3.05) is 6.61 Å². The highest BCUT2D eigenvalue weighted by Gasteiger charge is 2.39. The lowest BCUT2D eigenvalue weighted by Gasteiger charge is -2.28. The van der Waals surface area contributed by atoms with Gasteiger partial charge >= 0.3 is 0 Å². The fourth-order valence-electron chi connectivity index (χ4n) is 3.27. The molecule has 0 atom stereocenters. The van der Waals surface area contributed by atoms with Crippen LogP contribution in [0.15, 0.2) is 6.20 Å². The first-order chi connectivity index (χ1) is 9.25. The van der Waals surface area contributed by atoms with Gasteiger partial charge < -0.3 is 4.74 Å². The first-order valence-electron chi connectivity index (χ1n) is 7.29. The number of aromatic nitrogens is 2. The van der Waals surface area contributed by atoms with E-state index in [1.165, 1.54) is 12.8 Å². The van der Waals surface area contributed by atoms with Crippen molar-refractivity contribution < 1.29 is 9.53 Å². The molecule has 0 N–H and O–H groups in total. The monoisotopic (exact) mass is 260 g/mol. The normalized spacial score (nSPS) is 21.4. The third kappa shape index (κ3) is 2.18. The average Bonchev–Trinajstić information content (AvgIpc) is 2.89. The van der Waals surface area contributed by atoms with E-state index in [0.717, 1.165) is 42.8 Å². The van der Waals surface area contributed by atoms with E-state index in [1.54, 1.807) is 6.20 Å². The zero-order chi connectivity index (χ0) is 13.3. The third-order valence-corrected chi connectivity index (χ3v) is 4.22. The van der Waals surface area contributed by atoms with Crippen molar-refractivity contribution in [1.82, 2.24) is 9.97 Å². The lowest BCUT2D eigenvalue weighted by atomic mass is 9.94. The molecule has 1 heterocycles. The summed E-state index contributed by atoms with van der Waals surface area (Å²) < 4.78 is 5.98. The predicted molar refractivity (Wildman–Crippen MR) is 71.1 cm³/mol. The van der Waals surface area contributed by atoms with E-state index in [2.05, 4.69) is 9.97 Å². The smallest absolute Gasteiger partial charge is 0.166 e. The van der Waals surface area contributed by atoms with Crippen LogP contribution in [0.25, 0.3) is 0 Å². The van der Waals surface area contributed by atoms with Crippen LogP contribution in [0, 0.1) is 0 Å². The largest absolute Gasteiger partial charge is 0.367 e. The Labute approximate surface area is 113 Å². The second-order valence-electron chi connectivity index (χ2n) is 5.47. The minimum atomic E-state index is -0.301. The second-order valence-corrected chi connectivity index (χ2v) is 5.47. The maximum Gasteiger partial charge on any atom is 0.166 e. The van der Waals surface area contributed by atoms with Gasteiger partial charge in [0.2, 0.25) is 0 Å². The molecule has 1 aromatic heterocycles. The number of hydrogen-bond donors (Lipinski definition) is 0. The van der Waals surface area contributed by atoms with Crippen molar-refractivity contribution in [2.45, 2.75) is 57.5 Å². The van der Waals surface area contributed by atoms with Gasteiger partial charge in [0, 0.05) is 19.2 Å². The van der Waals surface area contributed by atoms with Crippen LogP contribution in [0.5, 0.6) is 0 Å². The first kappa shape index (κ1) is 12.7. The molecule has 0 spiro atoms. The number of ketones is 1. The fraction of sp³-hybridized carbons (Fsp3) is 0.667. The zero-order valence-corrected chi connectivity index (χ0v) is 11.4. The molecule has 0 unspecified atom stereocenters. The number of ether oxygens (including phenoxy) is 1. The number of fused-ring (bicyclic) bond motifs is 1. The van der Waals surface area contributed by atoms with E-state index < -0.39 is 0 Å². The second kappa shape index (κ2) is 5.00. The van der Waals surface area contributed by atoms with Crippen LogP contribution in [0.3, 0.4) is 0 Å². The summed E-state index contributed by atoms with van der Waals surface area (Å²) in [6.45, 7) is 2.70. The van der Waals surface area contributed by atoms with Gasteiger partial charge in [0.05, 0.1) is 11.3 Å². The Balaban J connectivity index is 1.98. The Morgan fingerprint density at radius 2 is 2.05 bits per heavy atom.